The lowest BCUT2D eigenvalue weighted by atomic mass is 10.1. The van der Waals surface area contributed by atoms with E-state index in [2.05, 4.69) is 36.3 Å². The first-order valence-corrected chi connectivity index (χ1v) is 13.4. The van der Waals surface area contributed by atoms with Crippen molar-refractivity contribution in [2.75, 3.05) is 51.9 Å². The van der Waals surface area contributed by atoms with Crippen LogP contribution >= 0.6 is 11.6 Å². The second kappa shape index (κ2) is 16.9. The van der Waals surface area contributed by atoms with Gasteiger partial charge in [-0.2, -0.15) is 13.2 Å². The summed E-state index contributed by atoms with van der Waals surface area (Å²) in [6.45, 7) is 3.25. The minimum Gasteiger partial charge on any atom is -0.542 e. The van der Waals surface area contributed by atoms with Gasteiger partial charge in [0.25, 0.3) is 5.91 Å². The Morgan fingerprint density at radius 1 is 1.17 bits per heavy atom. The molecule has 1 aromatic carbocycles. The van der Waals surface area contributed by atoms with Crippen LogP contribution in [-0.2, 0) is 11.2 Å². The number of ether oxygens (including phenoxy) is 1. The summed E-state index contributed by atoms with van der Waals surface area (Å²) in [5.74, 6) is -2.83. The molecule has 0 aliphatic carbocycles. The lowest BCUT2D eigenvalue weighted by Crippen LogP contribution is -2.54. The number of carbonyl (C=O) groups is 2. The van der Waals surface area contributed by atoms with Gasteiger partial charge < -0.3 is 46.1 Å². The van der Waals surface area contributed by atoms with E-state index in [0.29, 0.717) is 12.3 Å². The Morgan fingerprint density at radius 2 is 1.76 bits per heavy atom. The molecule has 1 heterocycles. The molecule has 0 spiro atoms. The van der Waals surface area contributed by atoms with E-state index < -0.39 is 24.2 Å². The highest BCUT2D eigenvalue weighted by atomic mass is 35.5. The molecule has 0 bridgehead atoms. The topological polar surface area (TPSA) is 197 Å². The number of carboxylic acid groups (broad SMARTS) is 1. The Kier molecular flexibility index (Phi) is 14.7. The first kappa shape index (κ1) is 36.6. The van der Waals surface area contributed by atoms with Gasteiger partial charge in [-0.15, -0.1) is 0 Å². The van der Waals surface area contributed by atoms with Crippen LogP contribution < -0.4 is 26.6 Å². The monoisotopic (exact) mass is 622 g/mol. The van der Waals surface area contributed by atoms with E-state index in [0.717, 1.165) is 36.7 Å². The zero-order valence-corrected chi connectivity index (χ0v) is 24.4. The number of nitrogens with zero attached hydrogens (tertiary/aromatic N) is 3. The molecule has 7 N–H and O–H groups in total. The van der Waals surface area contributed by atoms with Gasteiger partial charge in [0.05, 0.1) is 33.8 Å². The lowest BCUT2D eigenvalue weighted by molar-refractivity contribution is -0.914. The SMILES string of the molecule is CCC[C@@H](CNC(=O)c1nc(Cl)c(N)nc1N)[N+](C)(C)CCCc1ccc(OCC(O)CO)cc1.O=C([O-])C(F)(F)F. The van der Waals surface area contributed by atoms with Gasteiger partial charge in [-0.05, 0) is 24.1 Å². The van der Waals surface area contributed by atoms with Gasteiger partial charge in [0, 0.05) is 12.8 Å². The molecule has 0 aliphatic heterocycles. The van der Waals surface area contributed by atoms with Crippen molar-refractivity contribution in [3.8, 4) is 5.75 Å². The number of aromatic nitrogens is 2. The molecule has 0 aliphatic rings. The number of aliphatic hydroxyl groups is 2. The standard InChI is InChI=1S/C24H37ClN6O4.C2HF3O2/c1-4-6-17(13-28-24(34)20-22(26)30-23(27)21(25)29-20)31(2,3)12-5-7-16-8-10-19(11-9-16)35-15-18(33)14-32;3-2(4,5)1(6)7/h8-11,17-18,32-33H,4-7,12-15H2,1-3H3,(H4-,26,27,28,30,34);(H,6,7)/t17-,18?;/m0./s1. The number of likely N-dealkylation sites (N-methyl/N-ethyl adjacent to an activating group) is 1. The van der Waals surface area contributed by atoms with Crippen LogP contribution in [0.15, 0.2) is 24.3 Å². The number of nitrogens with one attached hydrogen (secondary N) is 1. The van der Waals surface area contributed by atoms with Crippen LogP contribution in [0.3, 0.4) is 0 Å². The summed E-state index contributed by atoms with van der Waals surface area (Å²) < 4.78 is 37.7. The van der Waals surface area contributed by atoms with E-state index >= 15 is 0 Å². The van der Waals surface area contributed by atoms with E-state index in [9.17, 15) is 23.1 Å². The van der Waals surface area contributed by atoms with Crippen LogP contribution in [0.2, 0.25) is 5.15 Å². The number of aliphatic carboxylic acids is 1. The Hall–Kier alpha value is -3.40. The number of rotatable bonds is 14. The van der Waals surface area contributed by atoms with E-state index in [-0.39, 0.29) is 41.7 Å². The number of aryl methyl sites for hydroxylation is 1. The van der Waals surface area contributed by atoms with Gasteiger partial charge in [-0.3, -0.25) is 4.79 Å². The summed E-state index contributed by atoms with van der Waals surface area (Å²) in [5, 5.41) is 29.9. The number of alkyl halides is 3. The number of nitrogen functional groups attached to an aromatic ring is 2. The first-order chi connectivity index (χ1) is 19.5. The van der Waals surface area contributed by atoms with Crippen molar-refractivity contribution in [1.29, 1.82) is 0 Å². The quantitative estimate of drug-likeness (QED) is 0.189. The minimum atomic E-state index is -5.19. The molecule has 0 fully saturated rings. The van der Waals surface area contributed by atoms with Crippen LogP contribution in [0.1, 0.15) is 42.2 Å². The van der Waals surface area contributed by atoms with Gasteiger partial charge in [0.15, 0.2) is 22.5 Å². The van der Waals surface area contributed by atoms with Crippen LogP contribution in [-0.4, -0.2) is 95.3 Å². The number of carbonyl (C=O) groups excluding carboxylic acids is 2. The van der Waals surface area contributed by atoms with Crippen LogP contribution in [0.25, 0.3) is 0 Å². The second-order valence-corrected chi connectivity index (χ2v) is 10.3. The first-order valence-electron chi connectivity index (χ1n) is 13.0. The molecule has 12 nitrogen and oxygen atoms in total. The van der Waals surface area contributed by atoms with Crippen molar-refractivity contribution in [3.63, 3.8) is 0 Å². The number of hydrogen-bond acceptors (Lipinski definition) is 10. The highest BCUT2D eigenvalue weighted by molar-refractivity contribution is 6.31. The molecule has 1 amide bonds. The molecule has 1 aromatic heterocycles. The van der Waals surface area contributed by atoms with Crippen molar-refractivity contribution in [2.45, 2.75) is 50.9 Å². The summed E-state index contributed by atoms with van der Waals surface area (Å²) in [4.78, 5) is 29.3. The number of halogens is 4. The Bertz CT molecular complexity index is 1150. The molecular formula is C26H38ClF3N6O6. The number of nitrogens with two attached hydrogens (primary N) is 2. The summed E-state index contributed by atoms with van der Waals surface area (Å²) in [7, 11) is 4.34. The van der Waals surface area contributed by atoms with Gasteiger partial charge >= 0.3 is 6.18 Å². The molecule has 236 valence electrons. The summed E-state index contributed by atoms with van der Waals surface area (Å²) in [6, 6.07) is 7.96. The molecule has 1 unspecified atom stereocenters. The number of amides is 1. The second-order valence-electron chi connectivity index (χ2n) is 9.97. The Labute approximate surface area is 247 Å². The number of aliphatic hydroxyl groups excluding tert-OH is 2. The number of carboxylic acids is 1. The molecule has 0 saturated heterocycles. The predicted octanol–water partition coefficient (Wildman–Crippen LogP) is 0.933. The van der Waals surface area contributed by atoms with E-state index in [4.69, 9.17) is 42.8 Å². The third-order valence-corrected chi connectivity index (χ3v) is 6.51. The molecule has 2 aromatic rings. The Balaban J connectivity index is 0.00000112. The molecular weight excluding hydrogens is 585 g/mol. The third-order valence-electron chi connectivity index (χ3n) is 6.24. The van der Waals surface area contributed by atoms with Gasteiger partial charge in [-0.25, -0.2) is 9.97 Å². The Morgan fingerprint density at radius 3 is 2.29 bits per heavy atom. The fraction of sp³-hybridized carbons (Fsp3) is 0.538. The van der Waals surface area contributed by atoms with E-state index in [1.165, 1.54) is 5.56 Å². The average molecular weight is 623 g/mol. The molecule has 16 heteroatoms. The molecule has 42 heavy (non-hydrogen) atoms. The van der Waals surface area contributed by atoms with Gasteiger partial charge in [-0.1, -0.05) is 37.1 Å². The average Bonchev–Trinajstić information content (AvgIpc) is 2.91. The maximum absolute atomic E-state index is 12.7. The summed E-state index contributed by atoms with van der Waals surface area (Å²) >= 11 is 5.90. The van der Waals surface area contributed by atoms with Crippen LogP contribution in [0, 0.1) is 0 Å². The van der Waals surface area contributed by atoms with Crippen molar-refractivity contribution in [3.05, 3.63) is 40.7 Å². The van der Waals surface area contributed by atoms with Crippen molar-refractivity contribution in [1.82, 2.24) is 15.3 Å². The van der Waals surface area contributed by atoms with E-state index in [1.807, 2.05) is 24.3 Å². The molecule has 2 rings (SSSR count). The van der Waals surface area contributed by atoms with Crippen LogP contribution in [0.5, 0.6) is 5.75 Å². The maximum Gasteiger partial charge on any atom is 0.430 e. The number of anilines is 2. The highest BCUT2D eigenvalue weighted by Gasteiger charge is 2.29. The van der Waals surface area contributed by atoms with Crippen molar-refractivity contribution in [2.24, 2.45) is 0 Å². The maximum atomic E-state index is 12.7. The zero-order valence-electron chi connectivity index (χ0n) is 23.7. The van der Waals surface area contributed by atoms with Crippen LogP contribution in [0.4, 0.5) is 24.8 Å². The fourth-order valence-corrected chi connectivity index (χ4v) is 3.93. The molecule has 2 atom stereocenters. The highest BCUT2D eigenvalue weighted by Crippen LogP contribution is 2.19. The summed E-state index contributed by atoms with van der Waals surface area (Å²) in [5.41, 5.74) is 12.6. The smallest absolute Gasteiger partial charge is 0.430 e. The number of benzene rings is 1. The van der Waals surface area contributed by atoms with E-state index in [1.54, 1.807) is 0 Å². The van der Waals surface area contributed by atoms with Crippen molar-refractivity contribution >= 4 is 35.1 Å². The normalized spacial score (nSPS) is 13.0. The fourth-order valence-electron chi connectivity index (χ4n) is 3.81. The largest absolute Gasteiger partial charge is 0.542 e. The number of quaternary nitrogens is 1. The van der Waals surface area contributed by atoms with Gasteiger partial charge in [0.1, 0.15) is 30.5 Å². The number of hydrogen-bond donors (Lipinski definition) is 5. The lowest BCUT2D eigenvalue weighted by Gasteiger charge is -2.38. The molecule has 0 radical (unpaired) electrons. The molecule has 0 saturated carbocycles. The predicted molar refractivity (Wildman–Crippen MR) is 148 cm³/mol. The third kappa shape index (κ3) is 12.6. The zero-order chi connectivity index (χ0) is 32.1. The minimum absolute atomic E-state index is 0.00922. The summed E-state index contributed by atoms with van der Waals surface area (Å²) in [6.07, 6.45) is -2.27. The van der Waals surface area contributed by atoms with Crippen molar-refractivity contribution < 1.29 is 47.3 Å². The van der Waals surface area contributed by atoms with Gasteiger partial charge in [0.2, 0.25) is 0 Å².